The second kappa shape index (κ2) is 6.16. The van der Waals surface area contributed by atoms with Crippen molar-refractivity contribution in [1.29, 1.82) is 0 Å². The van der Waals surface area contributed by atoms with Crippen LogP contribution in [0.3, 0.4) is 0 Å². The second-order valence-electron chi connectivity index (χ2n) is 6.26. The van der Waals surface area contributed by atoms with Gasteiger partial charge in [0.25, 0.3) is 10.0 Å². The summed E-state index contributed by atoms with van der Waals surface area (Å²) in [6.07, 6.45) is 2.44. The molecule has 134 valence electrons. The number of para-hydroxylation sites is 1. The van der Waals surface area contributed by atoms with E-state index in [9.17, 15) is 8.42 Å². The number of aromatic nitrogens is 1. The summed E-state index contributed by atoms with van der Waals surface area (Å²) in [6.45, 7) is 1.59. The molecule has 0 fully saturated rings. The summed E-state index contributed by atoms with van der Waals surface area (Å²) in [6, 6.07) is 14.4. The fourth-order valence-corrected chi connectivity index (χ4v) is 4.91. The van der Waals surface area contributed by atoms with Crippen molar-refractivity contribution in [2.24, 2.45) is 0 Å². The minimum atomic E-state index is -3.66. The Balaban J connectivity index is 0.00000168. The van der Waals surface area contributed by atoms with Gasteiger partial charge in [0.15, 0.2) is 0 Å². The van der Waals surface area contributed by atoms with E-state index in [2.05, 4.69) is 5.32 Å². The van der Waals surface area contributed by atoms with Gasteiger partial charge in [-0.2, -0.15) is 0 Å². The van der Waals surface area contributed by atoms with Crippen LogP contribution in [0.2, 0.25) is 0 Å². The Morgan fingerprint density at radius 2 is 1.92 bits per heavy atom. The van der Waals surface area contributed by atoms with Gasteiger partial charge in [0.1, 0.15) is 11.3 Å². The molecule has 2 aromatic carbocycles. The summed E-state index contributed by atoms with van der Waals surface area (Å²) in [5.74, 6) is 0.953. The predicted molar refractivity (Wildman–Crippen MR) is 103 cm³/mol. The van der Waals surface area contributed by atoms with Crippen LogP contribution < -0.4 is 5.32 Å². The third kappa shape index (κ3) is 2.45. The highest BCUT2D eigenvalue weighted by Gasteiger charge is 2.23. The van der Waals surface area contributed by atoms with Crippen LogP contribution in [0.5, 0.6) is 0 Å². The Morgan fingerprint density at radius 3 is 2.81 bits per heavy atom. The topological polar surface area (TPSA) is 64.2 Å². The first-order valence-corrected chi connectivity index (χ1v) is 9.65. The Labute approximate surface area is 157 Å². The Morgan fingerprint density at radius 1 is 1.08 bits per heavy atom. The molecule has 1 aliphatic heterocycles. The summed E-state index contributed by atoms with van der Waals surface area (Å²) in [5.41, 5.74) is 2.49. The van der Waals surface area contributed by atoms with Crippen LogP contribution in [0.4, 0.5) is 0 Å². The molecule has 3 heterocycles. The van der Waals surface area contributed by atoms with Crippen molar-refractivity contribution in [1.82, 2.24) is 9.29 Å². The van der Waals surface area contributed by atoms with Crippen molar-refractivity contribution < 1.29 is 12.8 Å². The van der Waals surface area contributed by atoms with Gasteiger partial charge in [0, 0.05) is 42.0 Å². The van der Waals surface area contributed by atoms with Gasteiger partial charge in [0.05, 0.1) is 10.4 Å². The Bertz CT molecular complexity index is 1220. The van der Waals surface area contributed by atoms with E-state index >= 15 is 0 Å². The van der Waals surface area contributed by atoms with Gasteiger partial charge in [-0.05, 0) is 30.3 Å². The quantitative estimate of drug-likeness (QED) is 0.568. The molecule has 0 aliphatic carbocycles. The van der Waals surface area contributed by atoms with E-state index in [0.29, 0.717) is 12.1 Å². The number of fused-ring (bicyclic) bond motifs is 4. The van der Waals surface area contributed by atoms with Gasteiger partial charge < -0.3 is 9.73 Å². The Kier molecular flexibility index (Phi) is 4.06. The average Bonchev–Trinajstić information content (AvgIpc) is 3.23. The predicted octanol–water partition coefficient (Wildman–Crippen LogP) is 3.69. The van der Waals surface area contributed by atoms with Gasteiger partial charge in [-0.25, -0.2) is 12.4 Å². The number of benzene rings is 2. The summed E-state index contributed by atoms with van der Waals surface area (Å²) >= 11 is 0. The molecular weight excluding hydrogens is 372 g/mol. The molecule has 0 saturated carbocycles. The zero-order valence-corrected chi connectivity index (χ0v) is 15.4. The molecule has 2 aromatic heterocycles. The van der Waals surface area contributed by atoms with Crippen LogP contribution in [-0.4, -0.2) is 18.9 Å². The number of nitrogens with one attached hydrogen (secondary N) is 1. The minimum absolute atomic E-state index is 0. The van der Waals surface area contributed by atoms with E-state index in [1.54, 1.807) is 24.4 Å². The molecule has 0 atom stereocenters. The number of halogens is 1. The maximum atomic E-state index is 13.2. The van der Waals surface area contributed by atoms with E-state index in [0.717, 1.165) is 40.6 Å². The van der Waals surface area contributed by atoms with Crippen LogP contribution in [-0.2, 0) is 23.0 Å². The zero-order chi connectivity index (χ0) is 17.0. The molecule has 0 unspecified atom stereocenters. The average molecular weight is 389 g/mol. The second-order valence-corrected chi connectivity index (χ2v) is 8.08. The van der Waals surface area contributed by atoms with E-state index in [1.165, 1.54) is 3.97 Å². The summed E-state index contributed by atoms with van der Waals surface area (Å²) in [7, 11) is -3.66. The monoisotopic (exact) mass is 388 g/mol. The highest BCUT2D eigenvalue weighted by atomic mass is 35.5. The third-order valence-corrected chi connectivity index (χ3v) is 6.48. The lowest BCUT2D eigenvalue weighted by Gasteiger charge is -2.11. The van der Waals surface area contributed by atoms with Crippen molar-refractivity contribution in [3.05, 3.63) is 66.1 Å². The lowest BCUT2D eigenvalue weighted by molar-refractivity contribution is 0.500. The van der Waals surface area contributed by atoms with E-state index < -0.39 is 10.0 Å². The number of nitrogens with zero attached hydrogens (tertiary/aromatic N) is 1. The molecule has 0 bridgehead atoms. The standard InChI is InChI=1S/C19H16N2O3S.ClH/c22-25(23,21-10-8-13-3-1-2-4-17(13)21)14-5-6-18-15(11-14)16-12-20-9-7-19(16)24-18;/h1-6,8,10-11,20H,7,9,12H2;1H. The molecule has 4 aromatic rings. The zero-order valence-electron chi connectivity index (χ0n) is 13.8. The molecule has 26 heavy (non-hydrogen) atoms. The fraction of sp³-hybridized carbons (Fsp3) is 0.158. The molecule has 0 radical (unpaired) electrons. The first-order valence-electron chi connectivity index (χ1n) is 8.21. The third-order valence-electron chi connectivity index (χ3n) is 4.80. The molecule has 5 nitrogen and oxygen atoms in total. The highest BCUT2D eigenvalue weighted by Crippen LogP contribution is 2.31. The van der Waals surface area contributed by atoms with E-state index in [4.69, 9.17) is 4.42 Å². The highest BCUT2D eigenvalue weighted by molar-refractivity contribution is 7.90. The maximum Gasteiger partial charge on any atom is 0.268 e. The summed E-state index contributed by atoms with van der Waals surface area (Å²) in [5, 5.41) is 5.09. The van der Waals surface area contributed by atoms with Crippen molar-refractivity contribution >= 4 is 44.3 Å². The largest absolute Gasteiger partial charge is 0.461 e. The molecule has 5 rings (SSSR count). The van der Waals surface area contributed by atoms with Crippen LogP contribution in [0.15, 0.2) is 64.0 Å². The van der Waals surface area contributed by atoms with Crippen molar-refractivity contribution in [2.45, 2.75) is 17.9 Å². The molecule has 0 amide bonds. The number of furan rings is 1. The first kappa shape index (κ1) is 17.1. The molecule has 0 saturated heterocycles. The van der Waals surface area contributed by atoms with E-state index in [-0.39, 0.29) is 17.3 Å². The lowest BCUT2D eigenvalue weighted by Crippen LogP contribution is -2.22. The molecule has 7 heteroatoms. The van der Waals surface area contributed by atoms with Gasteiger partial charge in [-0.1, -0.05) is 18.2 Å². The van der Waals surface area contributed by atoms with Crippen molar-refractivity contribution in [2.75, 3.05) is 6.54 Å². The van der Waals surface area contributed by atoms with E-state index in [1.807, 2.05) is 30.3 Å². The summed E-state index contributed by atoms with van der Waals surface area (Å²) < 4.78 is 33.5. The van der Waals surface area contributed by atoms with Crippen molar-refractivity contribution in [3.63, 3.8) is 0 Å². The molecular formula is C19H17ClN2O3S. The van der Waals surface area contributed by atoms with Crippen molar-refractivity contribution in [3.8, 4) is 0 Å². The van der Waals surface area contributed by atoms with Crippen LogP contribution in [0.25, 0.3) is 21.9 Å². The smallest absolute Gasteiger partial charge is 0.268 e. The number of hydrogen-bond acceptors (Lipinski definition) is 4. The molecule has 1 N–H and O–H groups in total. The fourth-order valence-electron chi connectivity index (χ4n) is 3.53. The number of hydrogen-bond donors (Lipinski definition) is 1. The Hall–Kier alpha value is -2.28. The van der Waals surface area contributed by atoms with Gasteiger partial charge in [0.2, 0.25) is 0 Å². The minimum Gasteiger partial charge on any atom is -0.461 e. The lowest BCUT2D eigenvalue weighted by atomic mass is 10.1. The van der Waals surface area contributed by atoms with Crippen LogP contribution >= 0.6 is 12.4 Å². The molecule has 0 spiro atoms. The van der Waals surface area contributed by atoms with Gasteiger partial charge >= 0.3 is 0 Å². The molecule has 1 aliphatic rings. The summed E-state index contributed by atoms with van der Waals surface area (Å²) in [4.78, 5) is 0.274. The van der Waals surface area contributed by atoms with Crippen LogP contribution in [0.1, 0.15) is 11.3 Å². The SMILES string of the molecule is Cl.O=S(=O)(c1ccc2oc3c(c2c1)CNCC3)n1ccc2ccccc21. The van der Waals surface area contributed by atoms with Crippen LogP contribution in [0, 0.1) is 0 Å². The number of rotatable bonds is 2. The first-order chi connectivity index (χ1) is 12.1. The maximum absolute atomic E-state index is 13.2. The van der Waals surface area contributed by atoms with Gasteiger partial charge in [-0.15, -0.1) is 12.4 Å². The van der Waals surface area contributed by atoms with Gasteiger partial charge in [-0.3, -0.25) is 0 Å². The normalized spacial score (nSPS) is 14.3.